The molecule has 1 fully saturated rings. The van der Waals surface area contributed by atoms with Crippen molar-refractivity contribution in [2.24, 2.45) is 0 Å². The molecule has 1 aromatic carbocycles. The first-order valence-electron chi connectivity index (χ1n) is 6.12. The first-order chi connectivity index (χ1) is 8.66. The van der Waals surface area contributed by atoms with Gasteiger partial charge in [-0.25, -0.2) is 9.18 Å². The summed E-state index contributed by atoms with van der Waals surface area (Å²) in [4.78, 5) is 12.7. The van der Waals surface area contributed by atoms with Crippen molar-refractivity contribution in [3.63, 3.8) is 0 Å². The zero-order valence-corrected chi connectivity index (χ0v) is 10.1. The molecule has 1 N–H and O–H groups in total. The van der Waals surface area contributed by atoms with E-state index >= 15 is 0 Å². The fraction of sp³-hybridized carbons (Fsp3) is 0.357. The van der Waals surface area contributed by atoms with Gasteiger partial charge in [0.1, 0.15) is 5.82 Å². The minimum absolute atomic E-state index is 0.346. The summed E-state index contributed by atoms with van der Waals surface area (Å²) in [5.74, 6) is -1.37. The molecule has 0 spiro atoms. The minimum Gasteiger partial charge on any atom is -0.478 e. The Balaban J connectivity index is 2.30. The summed E-state index contributed by atoms with van der Waals surface area (Å²) in [5, 5.41) is 8.65. The maximum atomic E-state index is 13.2. The van der Waals surface area contributed by atoms with Crippen LogP contribution in [0.2, 0.25) is 0 Å². The number of carboxylic acids is 1. The van der Waals surface area contributed by atoms with Crippen molar-refractivity contribution >= 4 is 17.7 Å². The number of halogens is 1. The van der Waals surface area contributed by atoms with Crippen LogP contribution in [-0.2, 0) is 4.79 Å². The number of aliphatic carboxylic acids is 1. The van der Waals surface area contributed by atoms with E-state index in [2.05, 4.69) is 4.90 Å². The highest BCUT2D eigenvalue weighted by Gasteiger charge is 2.13. The molecular formula is C14H16FNO2. The van der Waals surface area contributed by atoms with E-state index in [-0.39, 0.29) is 5.82 Å². The third-order valence-corrected chi connectivity index (χ3v) is 3.09. The van der Waals surface area contributed by atoms with Crippen molar-refractivity contribution in [1.82, 2.24) is 0 Å². The van der Waals surface area contributed by atoms with Gasteiger partial charge in [0.2, 0.25) is 0 Å². The average molecular weight is 249 g/mol. The second kappa shape index (κ2) is 5.67. The second-order valence-electron chi connectivity index (χ2n) is 4.42. The van der Waals surface area contributed by atoms with Gasteiger partial charge in [0.05, 0.1) is 0 Å². The van der Waals surface area contributed by atoms with E-state index in [0.29, 0.717) is 5.56 Å². The van der Waals surface area contributed by atoms with Crippen LogP contribution in [0, 0.1) is 5.82 Å². The molecule has 0 bridgehead atoms. The Bertz CT molecular complexity index is 465. The predicted octanol–water partition coefficient (Wildman–Crippen LogP) is 2.91. The van der Waals surface area contributed by atoms with E-state index in [1.54, 1.807) is 6.07 Å². The van der Waals surface area contributed by atoms with Crippen LogP contribution >= 0.6 is 0 Å². The lowest BCUT2D eigenvalue weighted by atomic mass is 10.1. The van der Waals surface area contributed by atoms with Crippen molar-refractivity contribution in [3.05, 3.63) is 35.7 Å². The van der Waals surface area contributed by atoms with Gasteiger partial charge in [-0.1, -0.05) is 0 Å². The van der Waals surface area contributed by atoms with E-state index in [9.17, 15) is 9.18 Å². The highest BCUT2D eigenvalue weighted by Crippen LogP contribution is 2.26. The smallest absolute Gasteiger partial charge is 0.328 e. The molecule has 0 radical (unpaired) electrons. The second-order valence-corrected chi connectivity index (χ2v) is 4.42. The fourth-order valence-corrected chi connectivity index (χ4v) is 2.24. The lowest BCUT2D eigenvalue weighted by molar-refractivity contribution is -0.131. The Labute approximate surface area is 106 Å². The molecule has 0 atom stereocenters. The lowest BCUT2D eigenvalue weighted by Gasteiger charge is -2.30. The highest BCUT2D eigenvalue weighted by atomic mass is 19.1. The zero-order chi connectivity index (χ0) is 13.0. The Hall–Kier alpha value is -1.84. The van der Waals surface area contributed by atoms with Crippen LogP contribution in [0.5, 0.6) is 0 Å². The summed E-state index contributed by atoms with van der Waals surface area (Å²) < 4.78 is 13.2. The largest absolute Gasteiger partial charge is 0.478 e. The van der Waals surface area contributed by atoms with Gasteiger partial charge in [-0.15, -0.1) is 0 Å². The van der Waals surface area contributed by atoms with E-state index in [0.717, 1.165) is 37.7 Å². The van der Waals surface area contributed by atoms with E-state index < -0.39 is 5.97 Å². The van der Waals surface area contributed by atoms with Gasteiger partial charge in [0.25, 0.3) is 0 Å². The van der Waals surface area contributed by atoms with Crippen LogP contribution in [-0.4, -0.2) is 24.2 Å². The quantitative estimate of drug-likeness (QED) is 0.837. The Morgan fingerprint density at radius 1 is 1.28 bits per heavy atom. The number of carboxylic acid groups (broad SMARTS) is 1. The van der Waals surface area contributed by atoms with Gasteiger partial charge in [0.15, 0.2) is 0 Å². The standard InChI is InChI=1S/C14H16FNO2/c15-12-5-6-13(16-8-2-1-3-9-16)11(10-12)4-7-14(17)18/h4-7,10H,1-3,8-9H2,(H,17,18)/b7-4+. The van der Waals surface area contributed by atoms with Crippen LogP contribution in [0.25, 0.3) is 6.08 Å². The Morgan fingerprint density at radius 3 is 2.67 bits per heavy atom. The molecule has 0 aliphatic carbocycles. The molecule has 96 valence electrons. The van der Waals surface area contributed by atoms with Gasteiger partial charge < -0.3 is 10.0 Å². The van der Waals surface area contributed by atoms with E-state index in [1.807, 2.05) is 0 Å². The summed E-state index contributed by atoms with van der Waals surface area (Å²) in [6.07, 6.45) is 5.97. The van der Waals surface area contributed by atoms with Crippen LogP contribution in [0.1, 0.15) is 24.8 Å². The molecule has 1 aromatic rings. The first kappa shape index (κ1) is 12.6. The van der Waals surface area contributed by atoms with Gasteiger partial charge in [0, 0.05) is 30.4 Å². The van der Waals surface area contributed by atoms with E-state index in [1.165, 1.54) is 24.6 Å². The molecule has 2 rings (SSSR count). The van der Waals surface area contributed by atoms with Crippen molar-refractivity contribution in [1.29, 1.82) is 0 Å². The summed E-state index contributed by atoms with van der Waals surface area (Å²) >= 11 is 0. The molecule has 3 nitrogen and oxygen atoms in total. The molecule has 4 heteroatoms. The number of carbonyl (C=O) groups is 1. The number of anilines is 1. The van der Waals surface area contributed by atoms with Gasteiger partial charge in [-0.2, -0.15) is 0 Å². The molecule has 0 saturated carbocycles. The summed E-state index contributed by atoms with van der Waals surface area (Å²) in [7, 11) is 0. The maximum absolute atomic E-state index is 13.2. The van der Waals surface area contributed by atoms with Crippen LogP contribution in [0.4, 0.5) is 10.1 Å². The van der Waals surface area contributed by atoms with Crippen molar-refractivity contribution in [2.45, 2.75) is 19.3 Å². The number of rotatable bonds is 3. The molecular weight excluding hydrogens is 233 g/mol. The van der Waals surface area contributed by atoms with Crippen molar-refractivity contribution in [3.8, 4) is 0 Å². The summed E-state index contributed by atoms with van der Waals surface area (Å²) in [5.41, 5.74) is 1.54. The third kappa shape index (κ3) is 3.09. The molecule has 0 aromatic heterocycles. The maximum Gasteiger partial charge on any atom is 0.328 e. The fourth-order valence-electron chi connectivity index (χ4n) is 2.24. The normalized spacial score (nSPS) is 16.2. The molecule has 1 heterocycles. The Kier molecular flexibility index (Phi) is 3.97. The number of benzene rings is 1. The minimum atomic E-state index is -1.02. The van der Waals surface area contributed by atoms with Crippen LogP contribution in [0.15, 0.2) is 24.3 Å². The SMILES string of the molecule is O=C(O)/C=C/c1cc(F)ccc1N1CCCCC1. The van der Waals surface area contributed by atoms with Gasteiger partial charge >= 0.3 is 5.97 Å². The summed E-state index contributed by atoms with van der Waals surface area (Å²) in [6, 6.07) is 4.52. The van der Waals surface area contributed by atoms with Gasteiger partial charge in [-0.05, 0) is 43.5 Å². The number of hydrogen-bond donors (Lipinski definition) is 1. The Morgan fingerprint density at radius 2 is 2.00 bits per heavy atom. The van der Waals surface area contributed by atoms with Crippen molar-refractivity contribution < 1.29 is 14.3 Å². The van der Waals surface area contributed by atoms with Gasteiger partial charge in [-0.3, -0.25) is 0 Å². The monoisotopic (exact) mass is 249 g/mol. The summed E-state index contributed by atoms with van der Waals surface area (Å²) in [6.45, 7) is 1.89. The average Bonchev–Trinajstić information content (AvgIpc) is 2.37. The molecule has 1 aliphatic rings. The molecule has 1 aliphatic heterocycles. The first-order valence-corrected chi connectivity index (χ1v) is 6.12. The number of piperidine rings is 1. The molecule has 0 amide bonds. The van der Waals surface area contributed by atoms with Crippen LogP contribution < -0.4 is 4.90 Å². The highest BCUT2D eigenvalue weighted by molar-refractivity contribution is 5.87. The topological polar surface area (TPSA) is 40.5 Å². The number of nitrogens with zero attached hydrogens (tertiary/aromatic N) is 1. The molecule has 18 heavy (non-hydrogen) atoms. The van der Waals surface area contributed by atoms with Crippen LogP contribution in [0.3, 0.4) is 0 Å². The molecule has 1 saturated heterocycles. The van der Waals surface area contributed by atoms with Crippen molar-refractivity contribution in [2.75, 3.05) is 18.0 Å². The third-order valence-electron chi connectivity index (χ3n) is 3.09. The lowest BCUT2D eigenvalue weighted by Crippen LogP contribution is -2.29. The van der Waals surface area contributed by atoms with E-state index in [4.69, 9.17) is 5.11 Å². The zero-order valence-electron chi connectivity index (χ0n) is 10.1. The predicted molar refractivity (Wildman–Crippen MR) is 69.1 cm³/mol. The number of hydrogen-bond acceptors (Lipinski definition) is 2. The molecule has 0 unspecified atom stereocenters.